The maximum Gasteiger partial charge on any atom is 0.163 e. The van der Waals surface area contributed by atoms with Gasteiger partial charge in [0.05, 0.1) is 20.6 Å². The van der Waals surface area contributed by atoms with Gasteiger partial charge in [-0.1, -0.05) is 24.3 Å². The highest BCUT2D eigenvalue weighted by Crippen LogP contribution is 2.27. The standard InChI is InChI=1S/C21H20O6.Mg/c1-26-20-11-14(5-9-18(20)24)3-7-16(22)13-17(23)8-4-15-6-10-19(25)21(12-15)27-2;/h3-12,24-25H,13H2,1-2H3;/b7-3+,8-4+;. The van der Waals surface area contributed by atoms with Gasteiger partial charge < -0.3 is 19.7 Å². The molecule has 142 valence electrons. The Morgan fingerprint density at radius 1 is 0.821 bits per heavy atom. The number of allylic oxidation sites excluding steroid dienone is 2. The number of methoxy groups -OCH3 is 2. The zero-order valence-electron chi connectivity index (χ0n) is 15.7. The topological polar surface area (TPSA) is 93.1 Å². The SMILES string of the molecule is COc1cc(/C=C/C(=O)CC(=O)/C=C/c2ccc(O)c(OC)c2)ccc1O.[Mg]. The summed E-state index contributed by atoms with van der Waals surface area (Å²) >= 11 is 0. The highest BCUT2D eigenvalue weighted by molar-refractivity contribution is 6.10. The lowest BCUT2D eigenvalue weighted by Gasteiger charge is -2.03. The summed E-state index contributed by atoms with van der Waals surface area (Å²) in [7, 11) is 2.87. The van der Waals surface area contributed by atoms with Gasteiger partial charge in [-0.3, -0.25) is 9.59 Å². The highest BCUT2D eigenvalue weighted by Gasteiger charge is 2.06. The fourth-order valence-corrected chi connectivity index (χ4v) is 2.26. The summed E-state index contributed by atoms with van der Waals surface area (Å²) in [5, 5.41) is 19.1. The summed E-state index contributed by atoms with van der Waals surface area (Å²) < 4.78 is 10.00. The van der Waals surface area contributed by atoms with Crippen LogP contribution in [-0.2, 0) is 9.59 Å². The summed E-state index contributed by atoms with van der Waals surface area (Å²) in [5.74, 6) is -0.0832. The van der Waals surface area contributed by atoms with Crippen LogP contribution in [0.2, 0.25) is 0 Å². The van der Waals surface area contributed by atoms with E-state index in [1.165, 1.54) is 38.5 Å². The van der Waals surface area contributed by atoms with E-state index in [0.717, 1.165) is 0 Å². The first-order chi connectivity index (χ1) is 12.9. The summed E-state index contributed by atoms with van der Waals surface area (Å²) in [5.41, 5.74) is 1.33. The molecule has 0 spiro atoms. The van der Waals surface area contributed by atoms with Gasteiger partial charge in [-0.15, -0.1) is 0 Å². The normalized spacial score (nSPS) is 10.6. The molecule has 0 saturated heterocycles. The molecule has 0 fully saturated rings. The van der Waals surface area contributed by atoms with Crippen molar-refractivity contribution in [3.63, 3.8) is 0 Å². The molecule has 7 heteroatoms. The van der Waals surface area contributed by atoms with Crippen LogP contribution in [0, 0.1) is 0 Å². The van der Waals surface area contributed by atoms with E-state index in [4.69, 9.17) is 9.47 Å². The Kier molecular flexibility index (Phi) is 9.27. The number of aromatic hydroxyl groups is 2. The molecule has 0 saturated carbocycles. The zero-order valence-corrected chi connectivity index (χ0v) is 17.1. The summed E-state index contributed by atoms with van der Waals surface area (Å²) in [6.07, 6.45) is 5.44. The van der Waals surface area contributed by atoms with Gasteiger partial charge in [-0.05, 0) is 47.5 Å². The molecular weight excluding hydrogens is 373 g/mol. The Hall–Kier alpha value is -2.77. The van der Waals surface area contributed by atoms with Crippen LogP contribution in [-0.4, -0.2) is 59.1 Å². The molecule has 0 aliphatic carbocycles. The fourth-order valence-electron chi connectivity index (χ4n) is 2.26. The van der Waals surface area contributed by atoms with E-state index < -0.39 is 0 Å². The number of benzene rings is 2. The molecular formula is C21H20MgO6. The largest absolute Gasteiger partial charge is 0.504 e. The van der Waals surface area contributed by atoms with Crippen LogP contribution in [0.3, 0.4) is 0 Å². The Morgan fingerprint density at radius 2 is 1.21 bits per heavy atom. The summed E-state index contributed by atoms with van der Waals surface area (Å²) in [6.45, 7) is 0. The number of ether oxygens (including phenoxy) is 2. The average molecular weight is 393 g/mol. The Balaban J connectivity index is 0.00000392. The summed E-state index contributed by atoms with van der Waals surface area (Å²) in [6, 6.07) is 9.34. The number of hydrogen-bond acceptors (Lipinski definition) is 6. The maximum atomic E-state index is 11.9. The van der Waals surface area contributed by atoms with E-state index in [-0.39, 0.29) is 52.5 Å². The lowest BCUT2D eigenvalue weighted by molar-refractivity contribution is -0.121. The predicted octanol–water partition coefficient (Wildman–Crippen LogP) is 2.99. The molecule has 0 aliphatic rings. The molecule has 0 heterocycles. The van der Waals surface area contributed by atoms with Crippen LogP contribution in [0.15, 0.2) is 48.6 Å². The molecule has 0 atom stereocenters. The van der Waals surface area contributed by atoms with Gasteiger partial charge in [-0.2, -0.15) is 0 Å². The third-order valence-corrected chi connectivity index (χ3v) is 3.68. The van der Waals surface area contributed by atoms with E-state index in [1.807, 2.05) is 0 Å². The first-order valence-corrected chi connectivity index (χ1v) is 8.08. The average Bonchev–Trinajstić information content (AvgIpc) is 2.66. The fraction of sp³-hybridized carbons (Fsp3) is 0.143. The monoisotopic (exact) mass is 392 g/mol. The van der Waals surface area contributed by atoms with Gasteiger partial charge in [-0.25, -0.2) is 0 Å². The van der Waals surface area contributed by atoms with Gasteiger partial charge in [0.2, 0.25) is 0 Å². The predicted molar refractivity (Wildman–Crippen MR) is 108 cm³/mol. The minimum Gasteiger partial charge on any atom is -0.504 e. The van der Waals surface area contributed by atoms with Crippen LogP contribution in [0.5, 0.6) is 23.0 Å². The molecule has 0 unspecified atom stereocenters. The number of carbonyl (C=O) groups excluding carboxylic acids is 2. The van der Waals surface area contributed by atoms with Crippen molar-refractivity contribution in [2.24, 2.45) is 0 Å². The molecule has 28 heavy (non-hydrogen) atoms. The van der Waals surface area contributed by atoms with E-state index >= 15 is 0 Å². The second kappa shape index (κ2) is 11.2. The Bertz CT molecular complexity index is 828. The minimum atomic E-state index is -0.347. The minimum absolute atomic E-state index is 0. The number of phenolic OH excluding ortho intramolecular Hbond substituents is 2. The van der Waals surface area contributed by atoms with E-state index in [0.29, 0.717) is 22.6 Å². The summed E-state index contributed by atoms with van der Waals surface area (Å²) in [4.78, 5) is 23.9. The first-order valence-electron chi connectivity index (χ1n) is 8.08. The Morgan fingerprint density at radius 3 is 1.57 bits per heavy atom. The number of hydrogen-bond donors (Lipinski definition) is 2. The van der Waals surface area contributed by atoms with Crippen molar-refractivity contribution in [3.8, 4) is 23.0 Å². The Labute approximate surface area is 179 Å². The van der Waals surface area contributed by atoms with Crippen LogP contribution >= 0.6 is 0 Å². The molecule has 2 aromatic rings. The molecule has 0 amide bonds. The van der Waals surface area contributed by atoms with Crippen molar-refractivity contribution in [3.05, 3.63) is 59.7 Å². The molecule has 2 aromatic carbocycles. The van der Waals surface area contributed by atoms with Crippen molar-refractivity contribution in [1.29, 1.82) is 0 Å². The van der Waals surface area contributed by atoms with Crippen LogP contribution < -0.4 is 9.47 Å². The smallest absolute Gasteiger partial charge is 0.163 e. The van der Waals surface area contributed by atoms with E-state index in [9.17, 15) is 19.8 Å². The second-order valence-corrected chi connectivity index (χ2v) is 5.64. The molecule has 0 aliphatic heterocycles. The lowest BCUT2D eigenvalue weighted by atomic mass is 10.1. The maximum absolute atomic E-state index is 11.9. The molecule has 2 N–H and O–H groups in total. The zero-order chi connectivity index (χ0) is 19.8. The quantitative estimate of drug-likeness (QED) is 0.407. The van der Waals surface area contributed by atoms with E-state index in [1.54, 1.807) is 36.4 Å². The van der Waals surface area contributed by atoms with Crippen molar-refractivity contribution in [2.75, 3.05) is 14.2 Å². The third kappa shape index (κ3) is 6.75. The van der Waals surface area contributed by atoms with Gasteiger partial charge in [0.25, 0.3) is 0 Å². The van der Waals surface area contributed by atoms with Gasteiger partial charge >= 0.3 is 0 Å². The molecule has 2 rings (SSSR count). The van der Waals surface area contributed by atoms with Gasteiger partial charge in [0.15, 0.2) is 34.6 Å². The number of rotatable bonds is 8. The van der Waals surface area contributed by atoms with Gasteiger partial charge in [0, 0.05) is 23.1 Å². The van der Waals surface area contributed by atoms with Crippen molar-refractivity contribution in [2.45, 2.75) is 6.42 Å². The van der Waals surface area contributed by atoms with Gasteiger partial charge in [0.1, 0.15) is 0 Å². The third-order valence-electron chi connectivity index (χ3n) is 3.68. The second-order valence-electron chi connectivity index (χ2n) is 5.64. The molecule has 6 nitrogen and oxygen atoms in total. The number of carbonyl (C=O) groups is 2. The first kappa shape index (κ1) is 23.3. The lowest BCUT2D eigenvalue weighted by Crippen LogP contribution is -2.01. The number of phenols is 2. The highest BCUT2D eigenvalue weighted by atomic mass is 24.3. The van der Waals surface area contributed by atoms with E-state index in [2.05, 4.69) is 0 Å². The van der Waals surface area contributed by atoms with Crippen molar-refractivity contribution in [1.82, 2.24) is 0 Å². The van der Waals surface area contributed by atoms with Crippen LogP contribution in [0.4, 0.5) is 0 Å². The van der Waals surface area contributed by atoms with Crippen molar-refractivity contribution >= 4 is 46.8 Å². The molecule has 0 aromatic heterocycles. The molecule has 0 bridgehead atoms. The van der Waals surface area contributed by atoms with Crippen molar-refractivity contribution < 1.29 is 29.3 Å². The van der Waals surface area contributed by atoms with Crippen LogP contribution in [0.25, 0.3) is 12.2 Å². The molecule has 2 radical (unpaired) electrons. The van der Waals surface area contributed by atoms with Crippen LogP contribution in [0.1, 0.15) is 17.5 Å². The number of ketones is 2.